The summed E-state index contributed by atoms with van der Waals surface area (Å²) < 4.78 is 0. The molecule has 0 radical (unpaired) electrons. The minimum Gasteiger partial charge on any atom is -0.272 e. The van der Waals surface area contributed by atoms with Gasteiger partial charge in [0.25, 0.3) is 5.91 Å². The molecule has 0 spiro atoms. The first kappa shape index (κ1) is 9.79. The molecule has 0 aliphatic heterocycles. The molecule has 0 aliphatic rings. The zero-order valence-corrected chi connectivity index (χ0v) is 6.92. The molecule has 1 amide bonds. The minimum atomic E-state index is -0.479. The van der Waals surface area contributed by atoms with E-state index < -0.39 is 5.41 Å². The summed E-state index contributed by atoms with van der Waals surface area (Å²) in [4.78, 5) is 24.1. The van der Waals surface area contributed by atoms with Gasteiger partial charge in [0.05, 0.1) is 0 Å². The van der Waals surface area contributed by atoms with Crippen LogP contribution in [0.25, 0.3) is 0 Å². The van der Waals surface area contributed by atoms with Crippen molar-refractivity contribution in [2.45, 2.75) is 20.8 Å². The lowest BCUT2D eigenvalue weighted by molar-refractivity contribution is -0.124. The molecule has 3 heteroatoms. The third-order valence-electron chi connectivity index (χ3n) is 0.976. The van der Waals surface area contributed by atoms with Crippen molar-refractivity contribution in [3.8, 4) is 0 Å². The maximum Gasteiger partial charge on any atom is 0.251 e. The zero-order valence-electron chi connectivity index (χ0n) is 6.92. The van der Waals surface area contributed by atoms with E-state index in [4.69, 9.17) is 0 Å². The monoisotopic (exact) mass is 153 g/mol. The predicted octanol–water partition coefficient (Wildman–Crippen LogP) is 1.02. The van der Waals surface area contributed by atoms with E-state index in [0.717, 1.165) is 12.3 Å². The van der Waals surface area contributed by atoms with E-state index in [0.29, 0.717) is 0 Å². The summed E-state index contributed by atoms with van der Waals surface area (Å²) in [6.45, 7) is 5.28. The van der Waals surface area contributed by atoms with Gasteiger partial charge in [-0.25, -0.2) is 9.79 Å². The van der Waals surface area contributed by atoms with Crippen molar-refractivity contribution < 1.29 is 9.59 Å². The molecule has 0 bridgehead atoms. The summed E-state index contributed by atoms with van der Waals surface area (Å²) in [7, 11) is 0. The molecule has 0 N–H and O–H groups in total. The standard InChI is InChI=1S/C8H11NO2/c1-8(2,3)7(11)9-5-4-6-10/h4-5H,1-3H3. The van der Waals surface area contributed by atoms with E-state index in [1.54, 1.807) is 20.8 Å². The Morgan fingerprint density at radius 1 is 1.45 bits per heavy atom. The summed E-state index contributed by atoms with van der Waals surface area (Å²) in [5, 5.41) is 0. The van der Waals surface area contributed by atoms with Gasteiger partial charge in [-0.3, -0.25) is 4.79 Å². The Morgan fingerprint density at radius 2 is 2.00 bits per heavy atom. The lowest BCUT2D eigenvalue weighted by Gasteiger charge is -2.10. The van der Waals surface area contributed by atoms with E-state index in [-0.39, 0.29) is 5.91 Å². The Bertz CT molecular complexity index is 217. The van der Waals surface area contributed by atoms with Gasteiger partial charge in [0.2, 0.25) is 0 Å². The molecular weight excluding hydrogens is 142 g/mol. The Kier molecular flexibility index (Phi) is 3.42. The third-order valence-corrected chi connectivity index (χ3v) is 0.976. The fraction of sp³-hybridized carbons (Fsp3) is 0.500. The summed E-state index contributed by atoms with van der Waals surface area (Å²) in [6.07, 6.45) is 2.21. The fourth-order valence-electron chi connectivity index (χ4n) is 0.329. The van der Waals surface area contributed by atoms with Gasteiger partial charge in [-0.15, -0.1) is 0 Å². The SMILES string of the molecule is CC(C)(C)C(=O)N=CC=C=O. The van der Waals surface area contributed by atoms with Crippen LogP contribution in [0.4, 0.5) is 0 Å². The summed E-state index contributed by atoms with van der Waals surface area (Å²) >= 11 is 0. The minimum absolute atomic E-state index is 0.246. The Hall–Kier alpha value is -1.21. The quantitative estimate of drug-likeness (QED) is 0.417. The van der Waals surface area contributed by atoms with Crippen molar-refractivity contribution >= 4 is 18.1 Å². The lowest BCUT2D eigenvalue weighted by Crippen LogP contribution is -2.17. The molecule has 60 valence electrons. The van der Waals surface area contributed by atoms with Crippen LogP contribution in [0.5, 0.6) is 0 Å². The smallest absolute Gasteiger partial charge is 0.251 e. The Labute approximate surface area is 65.8 Å². The number of nitrogens with zero attached hydrogens (tertiary/aromatic N) is 1. The van der Waals surface area contributed by atoms with Crippen molar-refractivity contribution in [3.63, 3.8) is 0 Å². The van der Waals surface area contributed by atoms with Gasteiger partial charge in [-0.05, 0) is 0 Å². The molecule has 0 fully saturated rings. The van der Waals surface area contributed by atoms with E-state index in [1.807, 2.05) is 0 Å². The van der Waals surface area contributed by atoms with E-state index in [2.05, 4.69) is 4.99 Å². The Morgan fingerprint density at radius 3 is 2.36 bits per heavy atom. The second kappa shape index (κ2) is 3.84. The second-order valence-corrected chi connectivity index (χ2v) is 3.12. The van der Waals surface area contributed by atoms with E-state index in [1.165, 1.54) is 5.94 Å². The molecule has 3 nitrogen and oxygen atoms in total. The van der Waals surface area contributed by atoms with Gasteiger partial charge in [-0.1, -0.05) is 20.8 Å². The molecule has 0 rings (SSSR count). The predicted molar refractivity (Wildman–Crippen MR) is 43.2 cm³/mol. The highest BCUT2D eigenvalue weighted by Crippen LogP contribution is 2.14. The first-order valence-corrected chi connectivity index (χ1v) is 3.26. The highest BCUT2D eigenvalue weighted by Gasteiger charge is 2.19. The maximum absolute atomic E-state index is 11.0. The molecule has 0 atom stereocenters. The fourth-order valence-corrected chi connectivity index (χ4v) is 0.329. The molecule has 0 aromatic rings. The van der Waals surface area contributed by atoms with E-state index >= 15 is 0 Å². The number of aliphatic imine (C=N–C) groups is 1. The topological polar surface area (TPSA) is 46.5 Å². The summed E-state index contributed by atoms with van der Waals surface area (Å²) in [5.41, 5.74) is -0.479. The first-order chi connectivity index (χ1) is 4.98. The van der Waals surface area contributed by atoms with Crippen LogP contribution in [0, 0.1) is 5.41 Å². The average molecular weight is 153 g/mol. The maximum atomic E-state index is 11.0. The van der Waals surface area contributed by atoms with Crippen LogP contribution in [-0.4, -0.2) is 18.1 Å². The van der Waals surface area contributed by atoms with Crippen LogP contribution in [0.15, 0.2) is 11.1 Å². The van der Waals surface area contributed by atoms with Gasteiger partial charge in [-0.2, -0.15) is 0 Å². The van der Waals surface area contributed by atoms with Crippen molar-refractivity contribution in [1.29, 1.82) is 0 Å². The number of carbonyl (C=O) groups is 1. The lowest BCUT2D eigenvalue weighted by atomic mass is 9.96. The van der Waals surface area contributed by atoms with Crippen molar-refractivity contribution in [2.75, 3.05) is 0 Å². The summed E-state index contributed by atoms with van der Waals surface area (Å²) in [6, 6.07) is 0. The molecule has 11 heavy (non-hydrogen) atoms. The molecule has 0 aromatic carbocycles. The normalized spacial score (nSPS) is 11.2. The van der Waals surface area contributed by atoms with Crippen molar-refractivity contribution in [3.05, 3.63) is 6.08 Å². The average Bonchev–Trinajstić information content (AvgIpc) is 1.86. The van der Waals surface area contributed by atoms with Gasteiger partial charge in [0.1, 0.15) is 5.94 Å². The number of amides is 1. The highest BCUT2D eigenvalue weighted by atomic mass is 16.1. The van der Waals surface area contributed by atoms with Crippen LogP contribution < -0.4 is 0 Å². The second-order valence-electron chi connectivity index (χ2n) is 3.12. The molecular formula is C8H11NO2. The number of allylic oxidation sites excluding steroid dienone is 1. The zero-order chi connectivity index (χ0) is 8.91. The number of hydrogen-bond acceptors (Lipinski definition) is 2. The van der Waals surface area contributed by atoms with Crippen molar-refractivity contribution in [2.24, 2.45) is 10.4 Å². The highest BCUT2D eigenvalue weighted by molar-refractivity contribution is 5.94. The molecule has 0 heterocycles. The van der Waals surface area contributed by atoms with Gasteiger partial charge in [0, 0.05) is 17.7 Å². The van der Waals surface area contributed by atoms with Crippen LogP contribution >= 0.6 is 0 Å². The van der Waals surface area contributed by atoms with Crippen LogP contribution in [0.3, 0.4) is 0 Å². The molecule has 0 saturated heterocycles. The largest absolute Gasteiger partial charge is 0.272 e. The van der Waals surface area contributed by atoms with Crippen LogP contribution in [0.1, 0.15) is 20.8 Å². The molecule has 0 unspecified atom stereocenters. The van der Waals surface area contributed by atoms with Crippen LogP contribution in [-0.2, 0) is 9.59 Å². The summed E-state index contributed by atoms with van der Waals surface area (Å²) in [5.74, 6) is 1.25. The van der Waals surface area contributed by atoms with Crippen LogP contribution in [0.2, 0.25) is 0 Å². The van der Waals surface area contributed by atoms with Gasteiger partial charge in [0.15, 0.2) is 0 Å². The van der Waals surface area contributed by atoms with Gasteiger partial charge < -0.3 is 0 Å². The van der Waals surface area contributed by atoms with Gasteiger partial charge >= 0.3 is 0 Å². The Balaban J connectivity index is 4.19. The van der Waals surface area contributed by atoms with E-state index in [9.17, 15) is 9.59 Å². The molecule has 0 aromatic heterocycles. The van der Waals surface area contributed by atoms with Crippen molar-refractivity contribution in [1.82, 2.24) is 0 Å². The third kappa shape index (κ3) is 4.23. The number of rotatable bonds is 1. The molecule has 0 saturated carbocycles. The number of carbonyl (C=O) groups excluding carboxylic acids is 2. The number of hydrogen-bond donors (Lipinski definition) is 0. The first-order valence-electron chi connectivity index (χ1n) is 3.26. The molecule has 0 aliphatic carbocycles.